The van der Waals surface area contributed by atoms with Crippen LogP contribution in [0.5, 0.6) is 0 Å². The van der Waals surface area contributed by atoms with Gasteiger partial charge in [0.15, 0.2) is 0 Å². The van der Waals surface area contributed by atoms with Gasteiger partial charge in [-0.15, -0.1) is 11.8 Å². The Labute approximate surface area is 207 Å². The van der Waals surface area contributed by atoms with Crippen molar-refractivity contribution >= 4 is 28.3 Å². The normalized spacial score (nSPS) is 22.3. The third-order valence-electron chi connectivity index (χ3n) is 7.74. The van der Waals surface area contributed by atoms with E-state index in [2.05, 4.69) is 84.7 Å². The van der Waals surface area contributed by atoms with Gasteiger partial charge in [0.1, 0.15) is 11.3 Å². The Morgan fingerprint density at radius 3 is 2.88 bits per heavy atom. The predicted octanol–water partition coefficient (Wildman–Crippen LogP) is 7.69. The molecule has 6 rings (SSSR count). The van der Waals surface area contributed by atoms with E-state index in [0.29, 0.717) is 12.0 Å². The highest BCUT2D eigenvalue weighted by molar-refractivity contribution is 7.99. The first-order valence-corrected chi connectivity index (χ1v) is 13.8. The van der Waals surface area contributed by atoms with Crippen LogP contribution >= 0.6 is 11.8 Å². The van der Waals surface area contributed by atoms with Gasteiger partial charge in [0.25, 0.3) is 0 Å². The second-order valence-electron chi connectivity index (χ2n) is 9.95. The van der Waals surface area contributed by atoms with E-state index in [4.69, 9.17) is 4.42 Å². The van der Waals surface area contributed by atoms with Crippen LogP contribution in [0.2, 0.25) is 0 Å². The summed E-state index contributed by atoms with van der Waals surface area (Å²) in [6, 6.07) is 18.7. The molecular weight excluding hydrogens is 434 g/mol. The van der Waals surface area contributed by atoms with E-state index < -0.39 is 0 Å². The molecule has 2 nitrogen and oxygen atoms in total. The average Bonchev–Trinajstić information content (AvgIpc) is 3.43. The summed E-state index contributed by atoms with van der Waals surface area (Å²) in [7, 11) is 0. The third kappa shape index (κ3) is 4.44. The lowest BCUT2D eigenvalue weighted by atomic mass is 9.86. The van der Waals surface area contributed by atoms with Crippen molar-refractivity contribution < 1.29 is 4.42 Å². The van der Waals surface area contributed by atoms with Crippen LogP contribution in [0.1, 0.15) is 43.1 Å². The molecule has 1 fully saturated rings. The van der Waals surface area contributed by atoms with Gasteiger partial charge in [0, 0.05) is 41.0 Å². The number of allylic oxidation sites excluding steroid dienone is 6. The monoisotopic (exact) mass is 467 g/mol. The minimum Gasteiger partial charge on any atom is -0.461 e. The first-order valence-electron chi connectivity index (χ1n) is 12.8. The molecule has 1 saturated heterocycles. The van der Waals surface area contributed by atoms with Crippen LogP contribution in [0.4, 0.5) is 0 Å². The van der Waals surface area contributed by atoms with E-state index in [0.717, 1.165) is 42.9 Å². The summed E-state index contributed by atoms with van der Waals surface area (Å²) in [5, 5.41) is 1.25. The van der Waals surface area contributed by atoms with Crippen molar-refractivity contribution in [3.8, 4) is 0 Å². The van der Waals surface area contributed by atoms with Gasteiger partial charge in [-0.05, 0) is 85.7 Å². The lowest BCUT2D eigenvalue weighted by molar-refractivity contribution is 0.266. The van der Waals surface area contributed by atoms with E-state index in [1.54, 1.807) is 0 Å². The van der Waals surface area contributed by atoms with E-state index in [1.807, 2.05) is 11.8 Å². The minimum atomic E-state index is 0.509. The Morgan fingerprint density at radius 2 is 1.97 bits per heavy atom. The highest BCUT2D eigenvalue weighted by atomic mass is 32.2. The van der Waals surface area contributed by atoms with Crippen molar-refractivity contribution in [1.82, 2.24) is 4.90 Å². The molecule has 3 aliphatic rings. The first kappa shape index (κ1) is 22.0. The number of likely N-dealkylation sites (tertiary alicyclic amines) is 1. The maximum atomic E-state index is 6.19. The number of nitrogens with zero attached hydrogens (tertiary/aromatic N) is 1. The third-order valence-corrected chi connectivity index (χ3v) is 8.93. The largest absolute Gasteiger partial charge is 0.461 e. The van der Waals surface area contributed by atoms with Gasteiger partial charge in [-0.2, -0.15) is 0 Å². The van der Waals surface area contributed by atoms with Crippen molar-refractivity contribution in [2.24, 2.45) is 5.92 Å². The van der Waals surface area contributed by atoms with E-state index >= 15 is 0 Å². The molecule has 2 aliphatic heterocycles. The van der Waals surface area contributed by atoms with Gasteiger partial charge in [-0.25, -0.2) is 0 Å². The zero-order valence-corrected chi connectivity index (χ0v) is 20.8. The number of fused-ring (bicyclic) bond motifs is 3. The second-order valence-corrected chi connectivity index (χ2v) is 11.0. The van der Waals surface area contributed by atoms with Gasteiger partial charge >= 0.3 is 0 Å². The van der Waals surface area contributed by atoms with Crippen LogP contribution in [0.3, 0.4) is 0 Å². The van der Waals surface area contributed by atoms with Gasteiger partial charge in [0.05, 0.1) is 0 Å². The van der Waals surface area contributed by atoms with E-state index in [9.17, 15) is 0 Å². The van der Waals surface area contributed by atoms with Crippen LogP contribution in [-0.2, 0) is 12.8 Å². The zero-order valence-electron chi connectivity index (χ0n) is 20.0. The van der Waals surface area contributed by atoms with Gasteiger partial charge in [-0.1, -0.05) is 48.6 Å². The summed E-state index contributed by atoms with van der Waals surface area (Å²) in [5.41, 5.74) is 6.85. The predicted molar refractivity (Wildman–Crippen MR) is 144 cm³/mol. The molecular formula is C31H33NOS. The number of aryl methyl sites for hydroxylation is 1. The molecule has 1 aromatic heterocycles. The molecule has 3 heteroatoms. The van der Waals surface area contributed by atoms with Crippen molar-refractivity contribution in [3.63, 3.8) is 0 Å². The number of benzene rings is 2. The SMILES string of the molecule is C[C@@H]1CCCN1CCc1cc2cc(CCC3=C4C=CC=CC4CSc4ccccc43)ccc2o1. The maximum absolute atomic E-state index is 6.19. The van der Waals surface area contributed by atoms with Crippen molar-refractivity contribution in [3.05, 3.63) is 95.3 Å². The van der Waals surface area contributed by atoms with Crippen LogP contribution in [0, 0.1) is 5.92 Å². The van der Waals surface area contributed by atoms with Crippen molar-refractivity contribution in [2.45, 2.75) is 50.0 Å². The van der Waals surface area contributed by atoms with E-state index in [1.165, 1.54) is 51.9 Å². The molecule has 2 atom stereocenters. The summed E-state index contributed by atoms with van der Waals surface area (Å²) >= 11 is 2.00. The minimum absolute atomic E-state index is 0.509. The van der Waals surface area contributed by atoms with Gasteiger partial charge in [0.2, 0.25) is 0 Å². The number of furan rings is 1. The summed E-state index contributed by atoms with van der Waals surface area (Å²) in [6.45, 7) is 4.68. The molecule has 0 radical (unpaired) electrons. The number of hydrogen-bond acceptors (Lipinski definition) is 3. The molecule has 0 amide bonds. The maximum Gasteiger partial charge on any atom is 0.134 e. The lowest BCUT2D eigenvalue weighted by Crippen LogP contribution is -2.28. The first-order chi connectivity index (χ1) is 16.7. The highest BCUT2D eigenvalue weighted by Crippen LogP contribution is 2.42. The Balaban J connectivity index is 1.21. The molecule has 3 heterocycles. The molecule has 0 spiro atoms. The average molecular weight is 468 g/mol. The Morgan fingerprint density at radius 1 is 1.03 bits per heavy atom. The van der Waals surface area contributed by atoms with Gasteiger partial charge < -0.3 is 9.32 Å². The fourth-order valence-electron chi connectivity index (χ4n) is 5.78. The Bertz CT molecular complexity index is 1280. The van der Waals surface area contributed by atoms with Crippen LogP contribution in [-0.4, -0.2) is 29.8 Å². The molecule has 1 aliphatic carbocycles. The summed E-state index contributed by atoms with van der Waals surface area (Å²) < 4.78 is 6.19. The fourth-order valence-corrected chi connectivity index (χ4v) is 6.96. The fraction of sp³-hybridized carbons (Fsp3) is 0.355. The van der Waals surface area contributed by atoms with E-state index in [-0.39, 0.29) is 0 Å². The molecule has 3 aromatic rings. The zero-order chi connectivity index (χ0) is 22.9. The van der Waals surface area contributed by atoms with Crippen LogP contribution in [0.15, 0.2) is 87.7 Å². The summed E-state index contributed by atoms with van der Waals surface area (Å²) in [6.07, 6.45) is 14.9. The number of rotatable bonds is 6. The van der Waals surface area contributed by atoms with Crippen LogP contribution < -0.4 is 0 Å². The molecule has 0 saturated carbocycles. The molecule has 1 unspecified atom stereocenters. The topological polar surface area (TPSA) is 16.4 Å². The second kappa shape index (κ2) is 9.64. The molecule has 34 heavy (non-hydrogen) atoms. The number of hydrogen-bond donors (Lipinski definition) is 0. The van der Waals surface area contributed by atoms with Gasteiger partial charge in [-0.3, -0.25) is 0 Å². The smallest absolute Gasteiger partial charge is 0.134 e. The molecule has 0 N–H and O–H groups in total. The Hall–Kier alpha value is -2.49. The summed E-state index contributed by atoms with van der Waals surface area (Å²) in [5.74, 6) is 2.75. The molecule has 2 aromatic carbocycles. The Kier molecular flexibility index (Phi) is 6.24. The summed E-state index contributed by atoms with van der Waals surface area (Å²) in [4.78, 5) is 4.02. The molecule has 174 valence electrons. The van der Waals surface area contributed by atoms with Crippen molar-refractivity contribution in [2.75, 3.05) is 18.8 Å². The number of thioether (sulfide) groups is 1. The van der Waals surface area contributed by atoms with Crippen LogP contribution in [0.25, 0.3) is 16.5 Å². The molecule has 0 bridgehead atoms. The highest BCUT2D eigenvalue weighted by Gasteiger charge is 2.23. The van der Waals surface area contributed by atoms with Crippen molar-refractivity contribution in [1.29, 1.82) is 0 Å². The standard InChI is InChI=1S/C31H33NOS/c1-22-7-6-17-32(22)18-16-26-20-25-19-23(13-15-30(25)33-26)12-14-28-27-9-3-2-8-24(27)21-34-31-11-5-4-10-29(28)31/h2-5,8-11,13,15,19-20,22,24H,6-7,12,14,16-18,21H2,1H3/t22-,24?/m1/s1. The lowest BCUT2D eigenvalue weighted by Gasteiger charge is -2.19. The quantitative estimate of drug-likeness (QED) is 0.370.